The molecule has 1 saturated heterocycles. The molecule has 3 heterocycles. The second-order valence-corrected chi connectivity index (χ2v) is 8.12. The van der Waals surface area contributed by atoms with Gasteiger partial charge in [0.1, 0.15) is 5.69 Å². The Hall–Kier alpha value is -1.80. The summed E-state index contributed by atoms with van der Waals surface area (Å²) in [5.74, 6) is 0.301. The summed E-state index contributed by atoms with van der Waals surface area (Å²) in [6.07, 6.45) is 7.44. The highest BCUT2D eigenvalue weighted by Gasteiger charge is 2.26. The topological polar surface area (TPSA) is 81.0 Å². The molecule has 2 aromatic rings. The monoisotopic (exact) mass is 335 g/mol. The molecule has 0 saturated carbocycles. The summed E-state index contributed by atoms with van der Waals surface area (Å²) >= 11 is 0. The van der Waals surface area contributed by atoms with E-state index in [4.69, 9.17) is 0 Å². The van der Waals surface area contributed by atoms with Crippen molar-refractivity contribution in [3.8, 4) is 11.4 Å². The number of aromatic nitrogens is 4. The molecule has 124 valence electrons. The van der Waals surface area contributed by atoms with Gasteiger partial charge in [-0.1, -0.05) is 0 Å². The van der Waals surface area contributed by atoms with Crippen molar-refractivity contribution in [3.63, 3.8) is 0 Å². The molecule has 23 heavy (non-hydrogen) atoms. The van der Waals surface area contributed by atoms with Crippen molar-refractivity contribution < 1.29 is 8.42 Å². The third kappa shape index (κ3) is 3.76. The summed E-state index contributed by atoms with van der Waals surface area (Å²) in [5, 5.41) is 8.57. The molecule has 0 N–H and O–H groups in total. The van der Waals surface area contributed by atoms with E-state index in [0.29, 0.717) is 19.0 Å². The molecule has 8 heteroatoms. The molecule has 0 aromatic carbocycles. The van der Waals surface area contributed by atoms with Crippen LogP contribution in [0.25, 0.3) is 11.4 Å². The van der Waals surface area contributed by atoms with Crippen LogP contribution in [0, 0.1) is 5.92 Å². The quantitative estimate of drug-likeness (QED) is 0.835. The molecule has 0 radical (unpaired) electrons. The van der Waals surface area contributed by atoms with Crippen LogP contribution in [-0.4, -0.2) is 51.8 Å². The van der Waals surface area contributed by atoms with Gasteiger partial charge in [-0.3, -0.25) is 0 Å². The maximum Gasteiger partial charge on any atom is 0.211 e. The van der Waals surface area contributed by atoms with Crippen LogP contribution in [0.2, 0.25) is 0 Å². The molecule has 3 rings (SSSR count). The van der Waals surface area contributed by atoms with Crippen molar-refractivity contribution in [1.82, 2.24) is 24.1 Å². The van der Waals surface area contributed by atoms with Gasteiger partial charge in [-0.15, -0.1) is 5.10 Å². The molecule has 1 aliphatic rings. The Labute approximate surface area is 136 Å². The van der Waals surface area contributed by atoms with Crippen molar-refractivity contribution in [3.05, 3.63) is 30.4 Å². The lowest BCUT2D eigenvalue weighted by Gasteiger charge is -2.30. The summed E-state index contributed by atoms with van der Waals surface area (Å²) in [7, 11) is -1.19. The smallest absolute Gasteiger partial charge is 0.211 e. The highest BCUT2D eigenvalue weighted by Crippen LogP contribution is 2.22. The van der Waals surface area contributed by atoms with Gasteiger partial charge in [0.2, 0.25) is 10.0 Å². The van der Waals surface area contributed by atoms with E-state index in [9.17, 15) is 8.42 Å². The largest absolute Gasteiger partial charge is 0.332 e. The minimum Gasteiger partial charge on any atom is -0.332 e. The third-order valence-electron chi connectivity index (χ3n) is 4.25. The summed E-state index contributed by atoms with van der Waals surface area (Å²) < 4.78 is 26.8. The Morgan fingerprint density at radius 1 is 1.30 bits per heavy atom. The first kappa shape index (κ1) is 16.1. The Bertz CT molecular complexity index is 769. The molecular formula is C15H21N5O2S. The molecule has 0 aliphatic carbocycles. The van der Waals surface area contributed by atoms with Gasteiger partial charge in [-0.25, -0.2) is 17.7 Å². The number of rotatable bonds is 4. The van der Waals surface area contributed by atoms with Gasteiger partial charge in [-0.05, 0) is 37.3 Å². The molecule has 1 fully saturated rings. The molecule has 0 amide bonds. The highest BCUT2D eigenvalue weighted by atomic mass is 32.2. The molecule has 0 unspecified atom stereocenters. The molecule has 1 atom stereocenters. The first-order valence-corrected chi connectivity index (χ1v) is 9.53. The summed E-state index contributed by atoms with van der Waals surface area (Å²) in [4.78, 5) is 4.08. The van der Waals surface area contributed by atoms with Gasteiger partial charge >= 0.3 is 0 Å². The van der Waals surface area contributed by atoms with Crippen LogP contribution in [0.4, 0.5) is 0 Å². The van der Waals surface area contributed by atoms with Crippen molar-refractivity contribution in [2.24, 2.45) is 13.0 Å². The minimum absolute atomic E-state index is 0.301. The van der Waals surface area contributed by atoms with Crippen molar-refractivity contribution in [2.45, 2.75) is 19.3 Å². The van der Waals surface area contributed by atoms with E-state index in [1.807, 2.05) is 23.7 Å². The average molecular weight is 335 g/mol. The predicted molar refractivity (Wildman–Crippen MR) is 87.1 cm³/mol. The third-order valence-corrected chi connectivity index (χ3v) is 5.52. The number of piperidine rings is 1. The normalized spacial score (nSPS) is 19.8. The second-order valence-electron chi connectivity index (χ2n) is 6.13. The fourth-order valence-corrected chi connectivity index (χ4v) is 3.94. The van der Waals surface area contributed by atoms with Crippen molar-refractivity contribution in [2.75, 3.05) is 19.3 Å². The Kier molecular flexibility index (Phi) is 4.45. The highest BCUT2D eigenvalue weighted by molar-refractivity contribution is 7.88. The Morgan fingerprint density at radius 3 is 2.74 bits per heavy atom. The lowest BCUT2D eigenvalue weighted by atomic mass is 9.94. The standard InChI is InChI=1S/C15H21N5O2S/c1-19-11-16-9-15(19)14-6-5-13(17-18-14)8-12-4-3-7-20(10-12)23(2,21)22/h5-6,9,11-12H,3-4,7-8,10H2,1-2H3/t12-/m1/s1. The van der Waals surface area contributed by atoms with Gasteiger partial charge in [0.15, 0.2) is 0 Å². The average Bonchev–Trinajstić information content (AvgIpc) is 2.94. The second kappa shape index (κ2) is 6.37. The van der Waals surface area contributed by atoms with Crippen LogP contribution in [0.3, 0.4) is 0 Å². The van der Waals surface area contributed by atoms with Crippen molar-refractivity contribution in [1.29, 1.82) is 0 Å². The van der Waals surface area contributed by atoms with E-state index in [-0.39, 0.29) is 0 Å². The lowest BCUT2D eigenvalue weighted by Crippen LogP contribution is -2.39. The summed E-state index contributed by atoms with van der Waals surface area (Å²) in [6, 6.07) is 3.91. The van der Waals surface area contributed by atoms with Crippen LogP contribution in [0.15, 0.2) is 24.7 Å². The van der Waals surface area contributed by atoms with E-state index in [1.165, 1.54) is 6.26 Å². The van der Waals surface area contributed by atoms with E-state index in [2.05, 4.69) is 15.2 Å². The van der Waals surface area contributed by atoms with Gasteiger partial charge in [0.25, 0.3) is 0 Å². The minimum atomic E-state index is -3.10. The molecule has 7 nitrogen and oxygen atoms in total. The van der Waals surface area contributed by atoms with Crippen molar-refractivity contribution >= 4 is 10.0 Å². The van der Waals surface area contributed by atoms with Gasteiger partial charge in [0, 0.05) is 20.1 Å². The van der Waals surface area contributed by atoms with Crippen LogP contribution in [-0.2, 0) is 23.5 Å². The van der Waals surface area contributed by atoms with E-state index in [0.717, 1.165) is 36.3 Å². The maximum absolute atomic E-state index is 11.7. The van der Waals surface area contributed by atoms with E-state index >= 15 is 0 Å². The SMILES string of the molecule is Cn1cncc1-c1ccc(C[C@H]2CCCN(S(C)(=O)=O)C2)nn1. The first-order valence-electron chi connectivity index (χ1n) is 7.68. The predicted octanol–water partition coefficient (Wildman–Crippen LogP) is 1.09. The van der Waals surface area contributed by atoms with Crippen LogP contribution in [0.5, 0.6) is 0 Å². The summed E-state index contributed by atoms with van der Waals surface area (Å²) in [5.41, 5.74) is 2.61. The van der Waals surface area contributed by atoms with E-state index in [1.54, 1.807) is 16.8 Å². The van der Waals surface area contributed by atoms with Crippen LogP contribution < -0.4 is 0 Å². The zero-order valence-corrected chi connectivity index (χ0v) is 14.2. The Balaban J connectivity index is 1.68. The number of nitrogens with zero attached hydrogens (tertiary/aromatic N) is 5. The molecular weight excluding hydrogens is 314 g/mol. The molecule has 0 spiro atoms. The number of sulfonamides is 1. The number of aryl methyl sites for hydroxylation is 1. The maximum atomic E-state index is 11.7. The van der Waals surface area contributed by atoms with Gasteiger partial charge < -0.3 is 4.57 Å². The lowest BCUT2D eigenvalue weighted by molar-refractivity contribution is 0.265. The molecule has 1 aliphatic heterocycles. The summed E-state index contributed by atoms with van der Waals surface area (Å²) in [6.45, 7) is 1.20. The molecule has 0 bridgehead atoms. The Morgan fingerprint density at radius 2 is 2.13 bits per heavy atom. The fourth-order valence-electron chi connectivity index (χ4n) is 3.00. The van der Waals surface area contributed by atoms with Gasteiger partial charge in [0.05, 0.1) is 30.2 Å². The van der Waals surface area contributed by atoms with Gasteiger partial charge in [-0.2, -0.15) is 5.10 Å². The van der Waals surface area contributed by atoms with Crippen LogP contribution >= 0.6 is 0 Å². The zero-order chi connectivity index (χ0) is 16.4. The zero-order valence-electron chi connectivity index (χ0n) is 13.4. The van der Waals surface area contributed by atoms with Crippen LogP contribution in [0.1, 0.15) is 18.5 Å². The number of hydrogen-bond donors (Lipinski definition) is 0. The first-order chi connectivity index (χ1) is 10.9. The number of hydrogen-bond acceptors (Lipinski definition) is 5. The number of imidazole rings is 1. The fraction of sp³-hybridized carbons (Fsp3) is 0.533. The molecule has 2 aromatic heterocycles. The van der Waals surface area contributed by atoms with E-state index < -0.39 is 10.0 Å².